The molecule has 7 nitrogen and oxygen atoms in total. The number of para-hydroxylation sites is 1. The van der Waals surface area contributed by atoms with E-state index >= 15 is 0 Å². The van der Waals surface area contributed by atoms with Crippen molar-refractivity contribution in [3.05, 3.63) is 64.2 Å². The molecule has 2 aromatic carbocycles. The molecule has 1 aromatic heterocycles. The summed E-state index contributed by atoms with van der Waals surface area (Å²) in [5, 5.41) is 11.8. The number of nitrogens with zero attached hydrogens (tertiary/aromatic N) is 3. The Kier molecular flexibility index (Phi) is 8.96. The minimum absolute atomic E-state index is 0.00124. The minimum atomic E-state index is -0.530. The predicted molar refractivity (Wildman–Crippen MR) is 128 cm³/mol. The van der Waals surface area contributed by atoms with E-state index in [0.29, 0.717) is 28.3 Å². The van der Waals surface area contributed by atoms with Crippen LogP contribution in [0.25, 0.3) is 0 Å². The highest BCUT2D eigenvalue weighted by molar-refractivity contribution is 8.00. The highest BCUT2D eigenvalue weighted by Crippen LogP contribution is 2.31. The zero-order chi connectivity index (χ0) is 24.0. The van der Waals surface area contributed by atoms with E-state index in [2.05, 4.69) is 15.5 Å². The molecule has 0 bridgehead atoms. The van der Waals surface area contributed by atoms with Gasteiger partial charge in [-0.3, -0.25) is 9.36 Å². The Morgan fingerprint density at radius 3 is 2.67 bits per heavy atom. The molecule has 0 saturated carbocycles. The number of carbonyl (C=O) groups is 1. The third kappa shape index (κ3) is 6.38. The molecular formula is C22H23Cl2FN4O3S. The fourth-order valence-corrected chi connectivity index (χ4v) is 4.31. The van der Waals surface area contributed by atoms with Crippen LogP contribution < -0.4 is 10.1 Å². The maximum atomic E-state index is 13.9. The molecule has 2 atom stereocenters. The van der Waals surface area contributed by atoms with Gasteiger partial charge in [-0.2, -0.15) is 0 Å². The number of methoxy groups -OCH3 is 1. The maximum absolute atomic E-state index is 13.9. The summed E-state index contributed by atoms with van der Waals surface area (Å²) in [6, 6.07) is 11.0. The number of thioether (sulfide) groups is 1. The smallest absolute Gasteiger partial charge is 0.237 e. The summed E-state index contributed by atoms with van der Waals surface area (Å²) in [6.45, 7) is 4.06. The van der Waals surface area contributed by atoms with E-state index in [1.54, 1.807) is 44.4 Å². The van der Waals surface area contributed by atoms with Gasteiger partial charge < -0.3 is 14.8 Å². The number of ether oxygens (including phenoxy) is 2. The van der Waals surface area contributed by atoms with Crippen LogP contribution in [0.15, 0.2) is 47.6 Å². The zero-order valence-electron chi connectivity index (χ0n) is 18.2. The second-order valence-corrected chi connectivity index (χ2v) is 9.24. The molecule has 0 aliphatic heterocycles. The minimum Gasteiger partial charge on any atom is -0.483 e. The standard InChI is InChI=1S/C22H23Cl2FN4O3S/c1-13(11-31-3)29-19(12-32-18-10-5-4-8-16(18)25)27-28-22(29)33-14(2)21(30)26-17-9-6-7-15(23)20(17)24/h4-10,13-14H,11-12H2,1-3H3,(H,26,30)/t13-,14+/m0/s1. The lowest BCUT2D eigenvalue weighted by Crippen LogP contribution is -2.24. The molecule has 1 N–H and O–H groups in total. The number of carbonyl (C=O) groups excluding carboxylic acids is 1. The monoisotopic (exact) mass is 512 g/mol. The SMILES string of the molecule is COC[C@H](C)n1c(COc2ccccc2F)nnc1S[C@H](C)C(=O)Nc1cccc(Cl)c1Cl. The van der Waals surface area contributed by atoms with E-state index in [4.69, 9.17) is 32.7 Å². The molecule has 3 rings (SSSR count). The van der Waals surface area contributed by atoms with Crippen LogP contribution in [-0.2, 0) is 16.1 Å². The molecule has 0 aliphatic carbocycles. The summed E-state index contributed by atoms with van der Waals surface area (Å²) in [5.74, 6) is -0.141. The van der Waals surface area contributed by atoms with E-state index in [1.165, 1.54) is 23.9 Å². The molecule has 0 fully saturated rings. The predicted octanol–water partition coefficient (Wildman–Crippen LogP) is 5.63. The summed E-state index contributed by atoms with van der Waals surface area (Å²) in [6.07, 6.45) is 0. The molecule has 3 aromatic rings. The normalized spacial score (nSPS) is 12.9. The summed E-state index contributed by atoms with van der Waals surface area (Å²) >= 11 is 13.4. The van der Waals surface area contributed by atoms with Gasteiger partial charge in [0.05, 0.1) is 33.6 Å². The van der Waals surface area contributed by atoms with E-state index < -0.39 is 11.1 Å². The molecule has 0 radical (unpaired) electrons. The van der Waals surface area contributed by atoms with E-state index in [1.807, 2.05) is 11.5 Å². The van der Waals surface area contributed by atoms with Gasteiger partial charge in [-0.05, 0) is 38.1 Å². The van der Waals surface area contributed by atoms with Crippen LogP contribution in [0.2, 0.25) is 10.0 Å². The van der Waals surface area contributed by atoms with Crippen LogP contribution >= 0.6 is 35.0 Å². The Morgan fingerprint density at radius 2 is 1.94 bits per heavy atom. The van der Waals surface area contributed by atoms with Gasteiger partial charge in [-0.25, -0.2) is 4.39 Å². The highest BCUT2D eigenvalue weighted by atomic mass is 35.5. The molecular weight excluding hydrogens is 490 g/mol. The molecule has 0 spiro atoms. The van der Waals surface area contributed by atoms with Gasteiger partial charge in [0.2, 0.25) is 5.91 Å². The van der Waals surface area contributed by atoms with E-state index in [9.17, 15) is 9.18 Å². The number of aromatic nitrogens is 3. The van der Waals surface area contributed by atoms with Crippen LogP contribution in [-0.4, -0.2) is 39.6 Å². The topological polar surface area (TPSA) is 78.3 Å². The Morgan fingerprint density at radius 1 is 1.18 bits per heavy atom. The van der Waals surface area contributed by atoms with Gasteiger partial charge in [-0.1, -0.05) is 53.2 Å². The molecule has 11 heteroatoms. The average molecular weight is 513 g/mol. The van der Waals surface area contributed by atoms with Crippen LogP contribution in [0.5, 0.6) is 5.75 Å². The summed E-state index contributed by atoms with van der Waals surface area (Å²) in [7, 11) is 1.59. The highest BCUT2D eigenvalue weighted by Gasteiger charge is 2.24. The first kappa shape index (κ1) is 25.3. The van der Waals surface area contributed by atoms with Crippen molar-refractivity contribution < 1.29 is 18.7 Å². The number of amides is 1. The van der Waals surface area contributed by atoms with Gasteiger partial charge in [0.25, 0.3) is 0 Å². The van der Waals surface area contributed by atoms with Gasteiger partial charge in [0, 0.05) is 7.11 Å². The second-order valence-electron chi connectivity index (χ2n) is 7.14. The maximum Gasteiger partial charge on any atom is 0.237 e. The number of nitrogens with one attached hydrogen (secondary N) is 1. The van der Waals surface area contributed by atoms with Crippen LogP contribution in [0, 0.1) is 5.82 Å². The molecule has 0 aliphatic rings. The Balaban J connectivity index is 1.76. The lowest BCUT2D eigenvalue weighted by molar-refractivity contribution is -0.115. The molecule has 0 saturated heterocycles. The van der Waals surface area contributed by atoms with Gasteiger partial charge in [0.15, 0.2) is 22.5 Å². The molecule has 176 valence electrons. The third-order valence-electron chi connectivity index (χ3n) is 4.64. The summed E-state index contributed by atoms with van der Waals surface area (Å²) in [5.41, 5.74) is 0.426. The Hall–Kier alpha value is -2.33. The number of halogens is 3. The number of benzene rings is 2. The van der Waals surface area contributed by atoms with Crippen molar-refractivity contribution >= 4 is 46.6 Å². The van der Waals surface area contributed by atoms with Crippen molar-refractivity contribution in [3.63, 3.8) is 0 Å². The molecule has 1 amide bonds. The fraction of sp³-hybridized carbons (Fsp3) is 0.318. The first-order valence-corrected chi connectivity index (χ1v) is 11.7. The van der Waals surface area contributed by atoms with Crippen molar-refractivity contribution in [1.29, 1.82) is 0 Å². The van der Waals surface area contributed by atoms with Crippen molar-refractivity contribution in [2.24, 2.45) is 0 Å². The lowest BCUT2D eigenvalue weighted by Gasteiger charge is -2.19. The quantitative estimate of drug-likeness (QED) is 0.354. The largest absolute Gasteiger partial charge is 0.483 e. The van der Waals surface area contributed by atoms with Gasteiger partial charge in [-0.15, -0.1) is 10.2 Å². The molecule has 1 heterocycles. The first-order valence-electron chi connectivity index (χ1n) is 10.0. The van der Waals surface area contributed by atoms with Gasteiger partial charge >= 0.3 is 0 Å². The number of rotatable bonds is 10. The average Bonchev–Trinajstić information content (AvgIpc) is 3.18. The fourth-order valence-electron chi connectivity index (χ4n) is 3.00. The zero-order valence-corrected chi connectivity index (χ0v) is 20.5. The number of hydrogen-bond acceptors (Lipinski definition) is 6. The van der Waals surface area contributed by atoms with Crippen LogP contribution in [0.3, 0.4) is 0 Å². The number of hydrogen-bond donors (Lipinski definition) is 1. The van der Waals surface area contributed by atoms with Crippen molar-refractivity contribution in [2.75, 3.05) is 19.0 Å². The van der Waals surface area contributed by atoms with Crippen molar-refractivity contribution in [3.8, 4) is 5.75 Å². The van der Waals surface area contributed by atoms with Crippen LogP contribution in [0.1, 0.15) is 25.7 Å². The van der Waals surface area contributed by atoms with Crippen LogP contribution in [0.4, 0.5) is 10.1 Å². The summed E-state index contributed by atoms with van der Waals surface area (Å²) in [4.78, 5) is 12.8. The van der Waals surface area contributed by atoms with Crippen molar-refractivity contribution in [1.82, 2.24) is 14.8 Å². The Labute approximate surface area is 205 Å². The van der Waals surface area contributed by atoms with E-state index in [0.717, 1.165) is 0 Å². The van der Waals surface area contributed by atoms with Crippen molar-refractivity contribution in [2.45, 2.75) is 36.9 Å². The molecule has 0 unspecified atom stereocenters. The number of anilines is 1. The van der Waals surface area contributed by atoms with E-state index in [-0.39, 0.29) is 29.3 Å². The molecule has 33 heavy (non-hydrogen) atoms. The Bertz CT molecular complexity index is 1110. The third-order valence-corrected chi connectivity index (χ3v) is 6.51. The second kappa shape index (κ2) is 11.7. The lowest BCUT2D eigenvalue weighted by atomic mass is 10.3. The first-order chi connectivity index (χ1) is 15.8. The van der Waals surface area contributed by atoms with Gasteiger partial charge in [0.1, 0.15) is 6.61 Å². The summed E-state index contributed by atoms with van der Waals surface area (Å²) < 4.78 is 26.6.